The maximum atomic E-state index is 11.2. The molecule has 0 aliphatic rings. The highest BCUT2D eigenvalue weighted by atomic mass is 35.5. The molecule has 0 N–H and O–H groups in total. The zero-order valence-electron chi connectivity index (χ0n) is 3.97. The Hall–Kier alpha value is -0.510. The molecule has 0 aromatic rings. The zero-order valence-corrected chi connectivity index (χ0v) is 4.72. The molecule has 0 aromatic heterocycles. The van der Waals surface area contributed by atoms with Crippen LogP contribution in [0.1, 0.15) is 0 Å². The minimum Gasteiger partial charge on any atom is -0.173 e. The fourth-order valence-corrected chi connectivity index (χ4v) is 0.233. The Bertz CT molecular complexity index is 152. The lowest BCUT2D eigenvalue weighted by Crippen LogP contribution is -1.66. The number of hydrogen-bond acceptors (Lipinski definition) is 0. The van der Waals surface area contributed by atoms with Crippen molar-refractivity contribution in [2.24, 2.45) is 0 Å². The van der Waals surface area contributed by atoms with Crippen LogP contribution in [0.5, 0.6) is 0 Å². The lowest BCUT2D eigenvalue weighted by Gasteiger charge is -1.81. The van der Waals surface area contributed by atoms with Gasteiger partial charge in [0, 0.05) is 6.08 Å². The minimum atomic E-state index is -2.32. The van der Waals surface area contributed by atoms with Crippen LogP contribution in [0.3, 0.4) is 0 Å². The molecule has 52 valence electrons. The second kappa shape index (κ2) is 3.50. The molecule has 0 radical (unpaired) electrons. The SMILES string of the molecule is FC(F)=CC(Cl)=C(F)F. The summed E-state index contributed by atoms with van der Waals surface area (Å²) in [6.07, 6.45) is -4.67. The maximum absolute atomic E-state index is 11.2. The highest BCUT2D eigenvalue weighted by molar-refractivity contribution is 6.31. The third-order valence-corrected chi connectivity index (χ3v) is 0.668. The highest BCUT2D eigenvalue weighted by Gasteiger charge is 1.99. The highest BCUT2D eigenvalue weighted by Crippen LogP contribution is 2.16. The van der Waals surface area contributed by atoms with Crippen LogP contribution in [0.4, 0.5) is 17.6 Å². The van der Waals surface area contributed by atoms with Gasteiger partial charge in [0.15, 0.2) is 0 Å². The first-order valence-electron chi connectivity index (χ1n) is 1.77. The van der Waals surface area contributed by atoms with Crippen molar-refractivity contribution in [1.82, 2.24) is 0 Å². The quantitative estimate of drug-likeness (QED) is 0.408. The Morgan fingerprint density at radius 1 is 1.11 bits per heavy atom. The van der Waals surface area contributed by atoms with Gasteiger partial charge in [0.05, 0.1) is 0 Å². The summed E-state index contributed by atoms with van der Waals surface area (Å²) in [5.41, 5.74) is 0. The molecule has 0 aliphatic heterocycles. The Kier molecular flexibility index (Phi) is 3.30. The van der Waals surface area contributed by atoms with Gasteiger partial charge in [-0.2, -0.15) is 17.6 Å². The molecular formula is C4HClF4. The van der Waals surface area contributed by atoms with Gasteiger partial charge < -0.3 is 0 Å². The second-order valence-corrected chi connectivity index (χ2v) is 1.45. The Labute approximate surface area is 53.4 Å². The third-order valence-electron chi connectivity index (χ3n) is 0.416. The lowest BCUT2D eigenvalue weighted by molar-refractivity contribution is 0.408. The number of hydrogen-bond donors (Lipinski definition) is 0. The van der Waals surface area contributed by atoms with E-state index >= 15 is 0 Å². The molecule has 0 nitrogen and oxygen atoms in total. The van der Waals surface area contributed by atoms with Crippen molar-refractivity contribution in [2.75, 3.05) is 0 Å². The van der Waals surface area contributed by atoms with Gasteiger partial charge in [0.2, 0.25) is 0 Å². The van der Waals surface area contributed by atoms with Crippen LogP contribution in [0, 0.1) is 0 Å². The van der Waals surface area contributed by atoms with Gasteiger partial charge >= 0.3 is 0 Å². The molecule has 0 rings (SSSR count). The molecule has 5 heteroatoms. The van der Waals surface area contributed by atoms with Crippen LogP contribution in [0.25, 0.3) is 0 Å². The summed E-state index contributed by atoms with van der Waals surface area (Å²) >= 11 is 4.58. The monoisotopic (exact) mass is 160 g/mol. The Balaban J connectivity index is 4.25. The van der Waals surface area contributed by atoms with E-state index in [9.17, 15) is 17.6 Å². The largest absolute Gasteiger partial charge is 0.288 e. The van der Waals surface area contributed by atoms with E-state index in [1.54, 1.807) is 0 Å². The lowest BCUT2D eigenvalue weighted by atomic mass is 10.6. The molecule has 0 saturated heterocycles. The van der Waals surface area contributed by atoms with Crippen LogP contribution in [0.2, 0.25) is 0 Å². The summed E-state index contributed by atoms with van der Waals surface area (Å²) in [5.74, 6) is 0. The first-order chi connectivity index (χ1) is 4.04. The van der Waals surface area contributed by atoms with Crippen molar-refractivity contribution in [2.45, 2.75) is 0 Å². The van der Waals surface area contributed by atoms with E-state index in [1.165, 1.54) is 0 Å². The molecule has 0 aliphatic carbocycles. The standard InChI is InChI=1S/C4HClF4/c5-2(4(8)9)1-3(6)7/h1H. The van der Waals surface area contributed by atoms with E-state index < -0.39 is 17.2 Å². The molecule has 0 fully saturated rings. The van der Waals surface area contributed by atoms with E-state index in [1.807, 2.05) is 0 Å². The van der Waals surface area contributed by atoms with Gasteiger partial charge in [-0.05, 0) is 0 Å². The predicted octanol–water partition coefficient (Wildman–Crippen LogP) is 3.11. The second-order valence-electron chi connectivity index (χ2n) is 1.04. The van der Waals surface area contributed by atoms with E-state index in [-0.39, 0.29) is 6.08 Å². The molecule has 0 amide bonds. The predicted molar refractivity (Wildman–Crippen MR) is 25.4 cm³/mol. The third kappa shape index (κ3) is 4.02. The van der Waals surface area contributed by atoms with Crippen molar-refractivity contribution < 1.29 is 17.6 Å². The smallest absolute Gasteiger partial charge is 0.173 e. The Morgan fingerprint density at radius 2 is 1.56 bits per heavy atom. The van der Waals surface area contributed by atoms with Crippen LogP contribution >= 0.6 is 11.6 Å². The van der Waals surface area contributed by atoms with E-state index in [0.717, 1.165) is 0 Å². The van der Waals surface area contributed by atoms with Crippen LogP contribution < -0.4 is 0 Å². The topological polar surface area (TPSA) is 0 Å². The molecule has 0 heterocycles. The van der Waals surface area contributed by atoms with Gasteiger partial charge in [-0.25, -0.2) is 0 Å². The molecular weight excluding hydrogens is 159 g/mol. The van der Waals surface area contributed by atoms with Crippen molar-refractivity contribution in [3.8, 4) is 0 Å². The normalized spacial score (nSPS) is 8.56. The van der Waals surface area contributed by atoms with Gasteiger partial charge in [0.1, 0.15) is 5.03 Å². The summed E-state index contributed by atoms with van der Waals surface area (Å²) in [4.78, 5) is 0. The number of allylic oxidation sites excluding steroid dienone is 2. The summed E-state index contributed by atoms with van der Waals surface area (Å²) in [5, 5.41) is -1.23. The van der Waals surface area contributed by atoms with E-state index in [0.29, 0.717) is 0 Å². The molecule has 0 unspecified atom stereocenters. The Morgan fingerprint density at radius 3 is 1.67 bits per heavy atom. The van der Waals surface area contributed by atoms with Crippen LogP contribution in [-0.4, -0.2) is 0 Å². The number of halogens is 5. The van der Waals surface area contributed by atoms with Gasteiger partial charge in [-0.1, -0.05) is 11.6 Å². The molecule has 9 heavy (non-hydrogen) atoms. The summed E-state index contributed by atoms with van der Waals surface area (Å²) in [6.45, 7) is 0. The molecule has 0 bridgehead atoms. The zero-order chi connectivity index (χ0) is 7.44. The average molecular weight is 160 g/mol. The maximum Gasteiger partial charge on any atom is 0.288 e. The number of rotatable bonds is 1. The minimum absolute atomic E-state index is 0.114. The molecule has 0 saturated carbocycles. The fourth-order valence-electron chi connectivity index (χ4n) is 0.150. The van der Waals surface area contributed by atoms with Crippen molar-refractivity contribution in [3.63, 3.8) is 0 Å². The first-order valence-corrected chi connectivity index (χ1v) is 2.15. The van der Waals surface area contributed by atoms with Crippen molar-refractivity contribution >= 4 is 11.6 Å². The van der Waals surface area contributed by atoms with Gasteiger partial charge in [-0.15, -0.1) is 0 Å². The van der Waals surface area contributed by atoms with Crippen LogP contribution in [0.15, 0.2) is 23.3 Å². The van der Waals surface area contributed by atoms with Gasteiger partial charge in [-0.3, -0.25) is 0 Å². The van der Waals surface area contributed by atoms with Gasteiger partial charge in [0.25, 0.3) is 12.2 Å². The summed E-state index contributed by atoms with van der Waals surface area (Å²) in [6, 6.07) is 0. The van der Waals surface area contributed by atoms with Crippen LogP contribution in [-0.2, 0) is 0 Å². The summed E-state index contributed by atoms with van der Waals surface area (Å²) in [7, 11) is 0. The fraction of sp³-hybridized carbons (Fsp3) is 0. The van der Waals surface area contributed by atoms with E-state index in [2.05, 4.69) is 11.6 Å². The van der Waals surface area contributed by atoms with E-state index in [4.69, 9.17) is 0 Å². The molecule has 0 aromatic carbocycles. The average Bonchev–Trinajstić information content (AvgIpc) is 1.63. The molecule has 0 atom stereocenters. The van der Waals surface area contributed by atoms with Crippen molar-refractivity contribution in [3.05, 3.63) is 23.3 Å². The van der Waals surface area contributed by atoms with Crippen molar-refractivity contribution in [1.29, 1.82) is 0 Å². The molecule has 0 spiro atoms. The summed E-state index contributed by atoms with van der Waals surface area (Å²) < 4.78 is 44.4. The first kappa shape index (κ1) is 8.49.